The molecule has 1 saturated heterocycles. The molecule has 0 aromatic rings. The molecule has 0 aromatic heterocycles. The molecule has 2 atom stereocenters. The summed E-state index contributed by atoms with van der Waals surface area (Å²) >= 11 is 0. The Morgan fingerprint density at radius 3 is 2.57 bits per heavy atom. The molecule has 21 heavy (non-hydrogen) atoms. The van der Waals surface area contributed by atoms with E-state index in [1.54, 1.807) is 0 Å². The lowest BCUT2D eigenvalue weighted by molar-refractivity contribution is -0.0852. The van der Waals surface area contributed by atoms with E-state index < -0.39 is 0 Å². The molecule has 0 radical (unpaired) electrons. The normalized spacial score (nSPS) is 31.4. The highest BCUT2D eigenvalue weighted by Gasteiger charge is 2.43. The van der Waals surface area contributed by atoms with Crippen molar-refractivity contribution in [3.05, 3.63) is 0 Å². The zero-order valence-corrected chi connectivity index (χ0v) is 14.4. The molecule has 2 fully saturated rings. The van der Waals surface area contributed by atoms with Crippen molar-refractivity contribution in [3.8, 4) is 0 Å². The van der Waals surface area contributed by atoms with Crippen molar-refractivity contribution in [2.45, 2.75) is 89.8 Å². The van der Waals surface area contributed by atoms with E-state index in [1.807, 2.05) is 0 Å². The summed E-state index contributed by atoms with van der Waals surface area (Å²) < 4.78 is 5.94. The second-order valence-corrected chi connectivity index (χ2v) is 7.60. The Labute approximate surface area is 131 Å². The summed E-state index contributed by atoms with van der Waals surface area (Å²) in [6.07, 6.45) is 10.6. The van der Waals surface area contributed by atoms with Gasteiger partial charge in [0.1, 0.15) is 0 Å². The Kier molecular flexibility index (Phi) is 6.51. The minimum atomic E-state index is 0.197. The maximum Gasteiger partial charge on any atom is 0.0590 e. The second kappa shape index (κ2) is 7.94. The quantitative estimate of drug-likeness (QED) is 0.780. The number of nitrogens with zero attached hydrogens (tertiary/aromatic N) is 1. The van der Waals surface area contributed by atoms with Gasteiger partial charge >= 0.3 is 0 Å². The maximum absolute atomic E-state index is 6.33. The van der Waals surface area contributed by atoms with Gasteiger partial charge in [-0.3, -0.25) is 4.90 Å². The van der Waals surface area contributed by atoms with Gasteiger partial charge in [0.2, 0.25) is 0 Å². The van der Waals surface area contributed by atoms with Gasteiger partial charge in [-0.1, -0.05) is 33.6 Å². The summed E-state index contributed by atoms with van der Waals surface area (Å²) in [6.45, 7) is 9.81. The Balaban J connectivity index is 2.13. The Bertz CT molecular complexity index is 302. The largest absolute Gasteiger partial charge is 0.378 e. The standard InChI is InChI=1S/C18H36N2O/c1-4-17-13-18(14-19,10-12-21-17)20(11-9-15(2)3)16-7-5-6-8-16/h15-17H,4-14,19H2,1-3H3. The highest BCUT2D eigenvalue weighted by molar-refractivity contribution is 4.99. The molecule has 1 aliphatic heterocycles. The molecule has 0 bridgehead atoms. The van der Waals surface area contributed by atoms with Gasteiger partial charge in [0.05, 0.1) is 6.10 Å². The third kappa shape index (κ3) is 4.20. The van der Waals surface area contributed by atoms with Crippen molar-refractivity contribution in [2.75, 3.05) is 19.7 Å². The summed E-state index contributed by atoms with van der Waals surface area (Å²) in [7, 11) is 0. The summed E-state index contributed by atoms with van der Waals surface area (Å²) in [6, 6.07) is 0.767. The summed E-state index contributed by atoms with van der Waals surface area (Å²) in [5.41, 5.74) is 6.53. The van der Waals surface area contributed by atoms with E-state index in [2.05, 4.69) is 25.7 Å². The van der Waals surface area contributed by atoms with E-state index in [0.29, 0.717) is 6.10 Å². The van der Waals surface area contributed by atoms with E-state index in [-0.39, 0.29) is 5.54 Å². The molecule has 3 nitrogen and oxygen atoms in total. The predicted octanol–water partition coefficient (Wildman–Crippen LogP) is 3.56. The van der Waals surface area contributed by atoms with Crippen molar-refractivity contribution < 1.29 is 4.74 Å². The molecule has 2 unspecified atom stereocenters. The van der Waals surface area contributed by atoms with Crippen LogP contribution in [0.25, 0.3) is 0 Å². The predicted molar refractivity (Wildman–Crippen MR) is 89.5 cm³/mol. The van der Waals surface area contributed by atoms with Crippen LogP contribution < -0.4 is 5.73 Å². The summed E-state index contributed by atoms with van der Waals surface area (Å²) in [5, 5.41) is 0. The van der Waals surface area contributed by atoms with Gasteiger partial charge in [0, 0.05) is 24.7 Å². The van der Waals surface area contributed by atoms with Crippen molar-refractivity contribution >= 4 is 0 Å². The average molecular weight is 296 g/mol. The Morgan fingerprint density at radius 2 is 2.00 bits per heavy atom. The first-order valence-electron chi connectivity index (χ1n) is 9.19. The first-order chi connectivity index (χ1) is 10.1. The molecule has 1 heterocycles. The van der Waals surface area contributed by atoms with Crippen molar-refractivity contribution in [2.24, 2.45) is 11.7 Å². The highest BCUT2D eigenvalue weighted by Crippen LogP contribution is 2.37. The number of nitrogens with two attached hydrogens (primary N) is 1. The Hall–Kier alpha value is -0.120. The fourth-order valence-corrected chi connectivity index (χ4v) is 4.25. The molecule has 1 saturated carbocycles. The lowest BCUT2D eigenvalue weighted by Crippen LogP contribution is -2.61. The minimum absolute atomic E-state index is 0.197. The monoisotopic (exact) mass is 296 g/mol. The third-order valence-electron chi connectivity index (χ3n) is 5.69. The van der Waals surface area contributed by atoms with Gasteiger partial charge in [0.15, 0.2) is 0 Å². The fourth-order valence-electron chi connectivity index (χ4n) is 4.25. The van der Waals surface area contributed by atoms with Crippen LogP contribution in [0.3, 0.4) is 0 Å². The molecular weight excluding hydrogens is 260 g/mol. The number of rotatable bonds is 7. The van der Waals surface area contributed by atoms with Crippen LogP contribution in [0.5, 0.6) is 0 Å². The van der Waals surface area contributed by atoms with Crippen LogP contribution in [0.15, 0.2) is 0 Å². The molecule has 0 amide bonds. The fraction of sp³-hybridized carbons (Fsp3) is 1.00. The molecular formula is C18H36N2O. The van der Waals surface area contributed by atoms with Crippen molar-refractivity contribution in [3.63, 3.8) is 0 Å². The topological polar surface area (TPSA) is 38.5 Å². The molecule has 0 aromatic carbocycles. The Morgan fingerprint density at radius 1 is 1.29 bits per heavy atom. The number of hydrogen-bond donors (Lipinski definition) is 1. The van der Waals surface area contributed by atoms with E-state index in [9.17, 15) is 0 Å². The number of hydrogen-bond acceptors (Lipinski definition) is 3. The molecule has 1 aliphatic carbocycles. The van der Waals surface area contributed by atoms with Crippen molar-refractivity contribution in [1.82, 2.24) is 4.90 Å². The van der Waals surface area contributed by atoms with E-state index in [1.165, 1.54) is 38.6 Å². The first-order valence-corrected chi connectivity index (χ1v) is 9.19. The van der Waals surface area contributed by atoms with Crippen LogP contribution in [0.4, 0.5) is 0 Å². The lowest BCUT2D eigenvalue weighted by atomic mass is 9.82. The van der Waals surface area contributed by atoms with E-state index in [0.717, 1.165) is 44.4 Å². The summed E-state index contributed by atoms with van der Waals surface area (Å²) in [5.74, 6) is 0.769. The molecule has 2 N–H and O–H groups in total. The van der Waals surface area contributed by atoms with Crippen LogP contribution in [0.1, 0.15) is 72.1 Å². The van der Waals surface area contributed by atoms with Crippen LogP contribution in [0, 0.1) is 5.92 Å². The average Bonchev–Trinajstić information content (AvgIpc) is 3.01. The van der Waals surface area contributed by atoms with Gasteiger partial charge in [0.25, 0.3) is 0 Å². The SMILES string of the molecule is CCC1CC(CN)(N(CCC(C)C)C2CCCC2)CCO1. The lowest BCUT2D eigenvalue weighted by Gasteiger charge is -2.51. The van der Waals surface area contributed by atoms with Crippen LogP contribution >= 0.6 is 0 Å². The summed E-state index contributed by atoms with van der Waals surface area (Å²) in [4.78, 5) is 2.82. The molecule has 2 aliphatic rings. The first kappa shape index (κ1) is 17.2. The van der Waals surface area contributed by atoms with Gasteiger partial charge < -0.3 is 10.5 Å². The van der Waals surface area contributed by atoms with Crippen molar-refractivity contribution in [1.29, 1.82) is 0 Å². The smallest absolute Gasteiger partial charge is 0.0590 e. The number of ether oxygens (including phenoxy) is 1. The highest BCUT2D eigenvalue weighted by atomic mass is 16.5. The van der Waals surface area contributed by atoms with E-state index >= 15 is 0 Å². The van der Waals surface area contributed by atoms with Gasteiger partial charge in [-0.2, -0.15) is 0 Å². The minimum Gasteiger partial charge on any atom is -0.378 e. The van der Waals surface area contributed by atoms with Gasteiger partial charge in [-0.15, -0.1) is 0 Å². The van der Waals surface area contributed by atoms with Crippen LogP contribution in [-0.2, 0) is 4.74 Å². The van der Waals surface area contributed by atoms with Crippen LogP contribution in [-0.4, -0.2) is 42.3 Å². The molecule has 3 heteroatoms. The maximum atomic E-state index is 6.33. The zero-order chi connectivity index (χ0) is 15.3. The molecule has 2 rings (SSSR count). The van der Waals surface area contributed by atoms with Crippen LogP contribution in [0.2, 0.25) is 0 Å². The van der Waals surface area contributed by atoms with Gasteiger partial charge in [-0.05, 0) is 51.0 Å². The second-order valence-electron chi connectivity index (χ2n) is 7.60. The zero-order valence-electron chi connectivity index (χ0n) is 14.4. The van der Waals surface area contributed by atoms with Gasteiger partial charge in [-0.25, -0.2) is 0 Å². The molecule has 0 spiro atoms. The third-order valence-corrected chi connectivity index (χ3v) is 5.69. The molecule has 124 valence electrons. The van der Waals surface area contributed by atoms with E-state index in [4.69, 9.17) is 10.5 Å².